The van der Waals surface area contributed by atoms with Crippen molar-refractivity contribution in [3.8, 4) is 11.5 Å². The van der Waals surface area contributed by atoms with E-state index in [2.05, 4.69) is 20.8 Å². The number of aromatic nitrogens is 2. The predicted molar refractivity (Wildman–Crippen MR) is 110 cm³/mol. The number of halogens is 1. The number of hydrogen-bond donors (Lipinski definition) is 2. The molecule has 0 saturated carbocycles. The van der Waals surface area contributed by atoms with E-state index in [0.29, 0.717) is 36.0 Å². The van der Waals surface area contributed by atoms with Gasteiger partial charge in [-0.15, -0.1) is 12.4 Å². The molecule has 28 heavy (non-hydrogen) atoms. The third-order valence-corrected chi connectivity index (χ3v) is 5.10. The molecular weight excluding hydrogens is 380 g/mol. The highest BCUT2D eigenvalue weighted by Crippen LogP contribution is 2.29. The van der Waals surface area contributed by atoms with Gasteiger partial charge in [0.1, 0.15) is 0 Å². The summed E-state index contributed by atoms with van der Waals surface area (Å²) < 4.78 is 10.8. The maximum atomic E-state index is 12.9. The Morgan fingerprint density at radius 3 is 2.68 bits per heavy atom. The van der Waals surface area contributed by atoms with Crippen molar-refractivity contribution < 1.29 is 14.1 Å². The molecule has 2 aromatic rings. The van der Waals surface area contributed by atoms with Gasteiger partial charge in [0.25, 0.3) is 11.8 Å². The van der Waals surface area contributed by atoms with Crippen LogP contribution in [0.2, 0.25) is 0 Å². The van der Waals surface area contributed by atoms with E-state index in [-0.39, 0.29) is 29.6 Å². The molecule has 2 heterocycles. The van der Waals surface area contributed by atoms with Crippen molar-refractivity contribution in [1.29, 1.82) is 0 Å². The first kappa shape index (κ1) is 22.3. The lowest BCUT2D eigenvalue weighted by Crippen LogP contribution is -2.47. The highest BCUT2D eigenvalue weighted by molar-refractivity contribution is 5.99. The fraction of sp³-hybridized carbons (Fsp3) is 0.550. The first-order valence-corrected chi connectivity index (χ1v) is 9.45. The second-order valence-electron chi connectivity index (χ2n) is 7.52. The number of carbonyl (C=O) groups is 1. The zero-order valence-electron chi connectivity index (χ0n) is 16.7. The summed E-state index contributed by atoms with van der Waals surface area (Å²) in [6, 6.07) is 7.33. The number of carbonyl (C=O) groups excluding carboxylic acids is 1. The van der Waals surface area contributed by atoms with Crippen molar-refractivity contribution in [2.45, 2.75) is 32.6 Å². The van der Waals surface area contributed by atoms with Crippen LogP contribution in [0, 0.1) is 5.41 Å². The fourth-order valence-corrected chi connectivity index (χ4v) is 3.44. The second kappa shape index (κ2) is 10.0. The zero-order chi connectivity index (χ0) is 19.3. The monoisotopic (exact) mass is 408 g/mol. The average Bonchev–Trinajstić information content (AvgIpc) is 3.18. The summed E-state index contributed by atoms with van der Waals surface area (Å²) >= 11 is 0. The minimum Gasteiger partial charge on any atom is -0.384 e. The van der Waals surface area contributed by atoms with E-state index < -0.39 is 0 Å². The molecule has 1 aliphatic heterocycles. The van der Waals surface area contributed by atoms with Crippen molar-refractivity contribution in [2.75, 3.05) is 33.4 Å². The molecule has 0 spiro atoms. The Balaban J connectivity index is 0.00000280. The third-order valence-electron chi connectivity index (χ3n) is 5.10. The van der Waals surface area contributed by atoms with Gasteiger partial charge in [0.2, 0.25) is 0 Å². The molecule has 154 valence electrons. The SMILES string of the molecule is COCC1(CNC(=O)c2ccccc2-c2nc(C(C)C)no2)CCNCC1.Cl. The molecule has 1 aromatic carbocycles. The lowest BCUT2D eigenvalue weighted by Gasteiger charge is -2.37. The van der Waals surface area contributed by atoms with Gasteiger partial charge in [-0.1, -0.05) is 31.1 Å². The molecule has 1 saturated heterocycles. The summed E-state index contributed by atoms with van der Waals surface area (Å²) in [6.45, 7) is 7.10. The number of hydrogen-bond acceptors (Lipinski definition) is 6. The summed E-state index contributed by atoms with van der Waals surface area (Å²) in [6.07, 6.45) is 1.95. The van der Waals surface area contributed by atoms with Crippen LogP contribution in [0.1, 0.15) is 48.8 Å². The number of methoxy groups -OCH3 is 1. The number of nitrogens with zero attached hydrogens (tertiary/aromatic N) is 2. The quantitative estimate of drug-likeness (QED) is 0.731. The fourth-order valence-electron chi connectivity index (χ4n) is 3.44. The van der Waals surface area contributed by atoms with Gasteiger partial charge >= 0.3 is 0 Å². The Kier molecular flexibility index (Phi) is 7.98. The van der Waals surface area contributed by atoms with E-state index in [1.165, 1.54) is 0 Å². The van der Waals surface area contributed by atoms with Crippen molar-refractivity contribution in [2.24, 2.45) is 5.41 Å². The lowest BCUT2D eigenvalue weighted by molar-refractivity contribution is 0.0512. The average molecular weight is 409 g/mol. The van der Waals surface area contributed by atoms with Crippen LogP contribution in [0.4, 0.5) is 0 Å². The van der Waals surface area contributed by atoms with Crippen LogP contribution in [0.3, 0.4) is 0 Å². The molecular formula is C20H29ClN4O3. The number of nitrogens with one attached hydrogen (secondary N) is 2. The van der Waals surface area contributed by atoms with Gasteiger partial charge in [-0.2, -0.15) is 4.98 Å². The number of ether oxygens (including phenoxy) is 1. The Hall–Kier alpha value is -1.96. The number of benzene rings is 1. The van der Waals surface area contributed by atoms with Gasteiger partial charge in [0.05, 0.1) is 17.7 Å². The normalized spacial score (nSPS) is 15.9. The third kappa shape index (κ3) is 5.10. The Bertz CT molecular complexity index is 767. The molecule has 0 aliphatic carbocycles. The van der Waals surface area contributed by atoms with Crippen LogP contribution in [0.5, 0.6) is 0 Å². The van der Waals surface area contributed by atoms with Crippen molar-refractivity contribution in [1.82, 2.24) is 20.8 Å². The summed E-state index contributed by atoms with van der Waals surface area (Å²) in [5.41, 5.74) is 1.17. The van der Waals surface area contributed by atoms with Crippen molar-refractivity contribution in [3.63, 3.8) is 0 Å². The minimum absolute atomic E-state index is 0. The van der Waals surface area contributed by atoms with E-state index in [1.54, 1.807) is 13.2 Å². The molecule has 8 heteroatoms. The van der Waals surface area contributed by atoms with Crippen LogP contribution in [0.15, 0.2) is 28.8 Å². The molecule has 0 bridgehead atoms. The number of piperidine rings is 1. The molecule has 2 N–H and O–H groups in total. The molecule has 1 amide bonds. The first-order chi connectivity index (χ1) is 13.0. The van der Waals surface area contributed by atoms with Gasteiger partial charge in [-0.25, -0.2) is 0 Å². The van der Waals surface area contributed by atoms with Crippen LogP contribution >= 0.6 is 12.4 Å². The summed E-state index contributed by atoms with van der Waals surface area (Å²) in [7, 11) is 1.71. The molecule has 0 radical (unpaired) electrons. The maximum absolute atomic E-state index is 12.9. The molecule has 0 unspecified atom stereocenters. The van der Waals surface area contributed by atoms with Crippen LogP contribution in [-0.2, 0) is 4.74 Å². The summed E-state index contributed by atoms with van der Waals surface area (Å²) in [5.74, 6) is 1.04. The number of amides is 1. The molecule has 7 nitrogen and oxygen atoms in total. The van der Waals surface area contributed by atoms with E-state index in [1.807, 2.05) is 32.0 Å². The maximum Gasteiger partial charge on any atom is 0.258 e. The zero-order valence-corrected chi connectivity index (χ0v) is 17.5. The second-order valence-corrected chi connectivity index (χ2v) is 7.52. The molecule has 3 rings (SSSR count). The highest BCUT2D eigenvalue weighted by Gasteiger charge is 2.33. The van der Waals surface area contributed by atoms with Gasteiger partial charge in [-0.3, -0.25) is 4.79 Å². The van der Waals surface area contributed by atoms with Crippen LogP contribution in [0.25, 0.3) is 11.5 Å². The molecule has 1 aliphatic rings. The summed E-state index contributed by atoms with van der Waals surface area (Å²) in [5, 5.41) is 10.5. The van der Waals surface area contributed by atoms with Crippen LogP contribution in [-0.4, -0.2) is 49.4 Å². The first-order valence-electron chi connectivity index (χ1n) is 9.45. The van der Waals surface area contributed by atoms with E-state index in [4.69, 9.17) is 9.26 Å². The van der Waals surface area contributed by atoms with Gasteiger partial charge in [0.15, 0.2) is 5.82 Å². The largest absolute Gasteiger partial charge is 0.384 e. The lowest BCUT2D eigenvalue weighted by atomic mass is 9.79. The predicted octanol–water partition coefficient (Wildman–Crippen LogP) is 3.03. The molecule has 0 atom stereocenters. The van der Waals surface area contributed by atoms with Gasteiger partial charge < -0.3 is 19.9 Å². The molecule has 1 fully saturated rings. The van der Waals surface area contributed by atoms with Gasteiger partial charge in [0, 0.05) is 25.0 Å². The van der Waals surface area contributed by atoms with Gasteiger partial charge in [-0.05, 0) is 38.1 Å². The molecule has 1 aromatic heterocycles. The van der Waals surface area contributed by atoms with Crippen molar-refractivity contribution in [3.05, 3.63) is 35.7 Å². The smallest absolute Gasteiger partial charge is 0.258 e. The van der Waals surface area contributed by atoms with Crippen molar-refractivity contribution >= 4 is 18.3 Å². The standard InChI is InChI=1S/C20H28N4O3.ClH/c1-14(2)17-23-19(27-24-17)16-7-5-4-6-15(16)18(25)22-12-20(13-26-3)8-10-21-11-9-20;/h4-7,14,21H,8-13H2,1-3H3,(H,22,25);1H. The van der Waals surface area contributed by atoms with Crippen LogP contribution < -0.4 is 10.6 Å². The highest BCUT2D eigenvalue weighted by atomic mass is 35.5. The minimum atomic E-state index is -0.135. The summed E-state index contributed by atoms with van der Waals surface area (Å²) in [4.78, 5) is 17.3. The van der Waals surface area contributed by atoms with E-state index in [0.717, 1.165) is 25.9 Å². The van der Waals surface area contributed by atoms with E-state index in [9.17, 15) is 4.79 Å². The Morgan fingerprint density at radius 1 is 1.32 bits per heavy atom. The number of rotatable bonds is 7. The topological polar surface area (TPSA) is 89.3 Å². The van der Waals surface area contributed by atoms with E-state index >= 15 is 0 Å². The Morgan fingerprint density at radius 2 is 2.04 bits per heavy atom. The Labute approximate surface area is 172 Å².